The molecule has 3 aliphatic carbocycles. The van der Waals surface area contributed by atoms with E-state index >= 15 is 0 Å². The molecule has 7 aliphatic rings. The molecule has 618 valence electrons. The predicted octanol–water partition coefficient (Wildman–Crippen LogP) is 13.9. The number of carbonyl (C=O) groups excluding carboxylic acids is 5. The van der Waals surface area contributed by atoms with Crippen LogP contribution in [-0.4, -0.2) is 206 Å². The monoisotopic (exact) mass is 1580 g/mol. The van der Waals surface area contributed by atoms with E-state index in [2.05, 4.69) is 89.8 Å². The fourth-order valence-corrected chi connectivity index (χ4v) is 16.6. The minimum absolute atomic E-state index is 0.218. The van der Waals surface area contributed by atoms with Gasteiger partial charge in [-0.15, -0.1) is 0 Å². The first kappa shape index (κ1) is 86.0. The lowest BCUT2D eigenvalue weighted by molar-refractivity contribution is -0.123. The first-order chi connectivity index (χ1) is 55.6. The van der Waals surface area contributed by atoms with Crippen molar-refractivity contribution in [2.24, 2.45) is 0 Å². The average molecular weight is 1580 g/mol. The van der Waals surface area contributed by atoms with Crippen LogP contribution in [0.2, 0.25) is 0 Å². The maximum absolute atomic E-state index is 12.4. The minimum atomic E-state index is -0.905. The number of hydrogen-bond donors (Lipinski definition) is 2. The standard InChI is InChI=1S/C23H32N4O4.C22H30N4O2.C21H28N4O2.C18H24N4O2.C4H6O/c1-16-17(13-18-14-24-10-8-20(18)21(28)30-5)15-25-27(16)19-7-6-11-26(12-9-19)22(29)31-23(2,3)4;1-16-17(13-18-14-23-10-8-21(18)22(27)28-2)15-24-26(16)20-7-4-11-25(12-9-20)19-5-3-6-19;1-15-16(12-17-13-22-9-7-20(17)21(26)27)14-23-25(15)19-6-3-10-24(11-8-19)18-4-2-5-18;1-13-14(10-15-11-20-9-6-17(15)18(23)24-2)12-21-22(13)16-4-3-7-19-8-5-16;5-4-2-1-3-4/h8,10,14-15,19H,6-7,9,11-13H2,1-5H3;8,10,14-15,19-20H,3-7,9,11-13H2,1-2H3;7,9,13-14,18-19H,2-6,8,10-12H2,1H3,(H,26,27);6,9,11-12,16,19H,3-5,7-8,10H2,1-2H3;1-3H2/t19-;20-;19-;16-;/m0000./s1. The highest BCUT2D eigenvalue weighted by atomic mass is 16.6. The van der Waals surface area contributed by atoms with Crippen LogP contribution in [0, 0.1) is 27.7 Å². The predicted molar refractivity (Wildman–Crippen MR) is 437 cm³/mol. The number of ketones is 1. The van der Waals surface area contributed by atoms with Crippen LogP contribution in [0.15, 0.2) is 98.6 Å². The second-order valence-electron chi connectivity index (χ2n) is 32.6. The number of nitrogens with one attached hydrogen (secondary N) is 1. The van der Waals surface area contributed by atoms with Gasteiger partial charge >= 0.3 is 30.0 Å². The van der Waals surface area contributed by atoms with E-state index in [9.17, 15) is 33.9 Å². The molecule has 4 saturated heterocycles. The SMILES string of the molecule is COC(=O)c1ccncc1Cc1cnn([C@H]2CCCN(C(=O)OC(C)(C)C)CC2)c1C.COC(=O)c1ccncc1Cc1cnn([C@H]2CCCN(C3CCC3)CC2)c1C.COC(=O)c1ccncc1Cc1cnn([C@H]2CCCNCC2)c1C.Cc1c(Cc2cnccc2C(=O)O)cnn1[C@H]1CCCN(C2CCC2)CC1.O=C1CCC1. The number of aromatic carboxylic acids is 1. The van der Waals surface area contributed by atoms with E-state index in [4.69, 9.17) is 24.0 Å². The number of ether oxygens (including phenoxy) is 4. The number of amides is 1. The van der Waals surface area contributed by atoms with Crippen LogP contribution >= 0.6 is 0 Å². The van der Waals surface area contributed by atoms with Gasteiger partial charge in [-0.25, -0.2) is 24.0 Å². The van der Waals surface area contributed by atoms with Crippen molar-refractivity contribution in [1.82, 2.24) is 79.1 Å². The summed E-state index contributed by atoms with van der Waals surface area (Å²) in [5.74, 6) is -1.48. The van der Waals surface area contributed by atoms with Gasteiger partial charge < -0.3 is 44.1 Å². The maximum atomic E-state index is 12.4. The van der Waals surface area contributed by atoms with Gasteiger partial charge in [-0.05, 0) is 253 Å². The Balaban J connectivity index is 0.000000148. The Bertz CT molecular complexity index is 4530. The Morgan fingerprint density at radius 2 is 0.730 bits per heavy atom. The number of aromatic nitrogens is 12. The van der Waals surface area contributed by atoms with Crippen molar-refractivity contribution in [2.45, 2.75) is 251 Å². The Labute approximate surface area is 677 Å². The van der Waals surface area contributed by atoms with E-state index in [-0.39, 0.29) is 30.0 Å². The Hall–Kier alpha value is -9.86. The molecule has 0 radical (unpaired) electrons. The quantitative estimate of drug-likeness (QED) is 0.0595. The van der Waals surface area contributed by atoms with Crippen LogP contribution in [0.1, 0.15) is 288 Å². The Morgan fingerprint density at radius 1 is 0.400 bits per heavy atom. The summed E-state index contributed by atoms with van der Waals surface area (Å²) in [4.78, 5) is 93.6. The molecular weight excluding hydrogens is 1460 g/mol. The topological polar surface area (TPSA) is 304 Å². The summed E-state index contributed by atoms with van der Waals surface area (Å²) in [5, 5.41) is 31.5. The molecule has 27 nitrogen and oxygen atoms in total. The summed E-state index contributed by atoms with van der Waals surface area (Å²) in [6, 6.07) is 9.89. The smallest absolute Gasteiger partial charge is 0.410 e. The molecule has 8 aromatic rings. The van der Waals surface area contributed by atoms with E-state index in [0.29, 0.717) is 84.9 Å². The third kappa shape index (κ3) is 23.0. The zero-order chi connectivity index (χ0) is 81.5. The van der Waals surface area contributed by atoms with Gasteiger partial charge in [0.1, 0.15) is 11.4 Å². The summed E-state index contributed by atoms with van der Waals surface area (Å²) < 4.78 is 28.8. The van der Waals surface area contributed by atoms with Crippen LogP contribution < -0.4 is 5.32 Å². The Kier molecular flexibility index (Phi) is 31.1. The fraction of sp³-hybridized carbons (Fsp3) is 0.568. The van der Waals surface area contributed by atoms with Crippen LogP contribution in [0.4, 0.5) is 4.79 Å². The van der Waals surface area contributed by atoms with E-state index in [0.717, 1.165) is 145 Å². The van der Waals surface area contributed by atoms with Gasteiger partial charge in [-0.1, -0.05) is 12.8 Å². The van der Waals surface area contributed by atoms with E-state index < -0.39 is 11.6 Å². The second-order valence-corrected chi connectivity index (χ2v) is 32.6. The number of Topliss-reactive ketones (excluding diaryl/α,β-unsaturated/α-hetero) is 1. The number of likely N-dealkylation sites (tertiary alicyclic amines) is 3. The fourth-order valence-electron chi connectivity index (χ4n) is 16.6. The zero-order valence-corrected chi connectivity index (χ0v) is 69.3. The molecular formula is C88H120N16O11. The highest BCUT2D eigenvalue weighted by molar-refractivity contribution is 5.92. The molecule has 7 fully saturated rings. The minimum Gasteiger partial charge on any atom is -0.478 e. The third-order valence-corrected chi connectivity index (χ3v) is 24.0. The number of esters is 3. The molecule has 3 saturated carbocycles. The summed E-state index contributed by atoms with van der Waals surface area (Å²) in [6.45, 7) is 22.3. The largest absolute Gasteiger partial charge is 0.478 e. The van der Waals surface area contributed by atoms with Gasteiger partial charge in [-0.2, -0.15) is 20.4 Å². The number of hydrogen-bond acceptors (Lipinski definition) is 21. The van der Waals surface area contributed by atoms with Crippen molar-refractivity contribution in [3.63, 3.8) is 0 Å². The van der Waals surface area contributed by atoms with Crippen LogP contribution in [0.5, 0.6) is 0 Å². The van der Waals surface area contributed by atoms with Crippen molar-refractivity contribution in [1.29, 1.82) is 0 Å². The number of carbonyl (C=O) groups is 6. The Morgan fingerprint density at radius 3 is 1.06 bits per heavy atom. The molecule has 27 heteroatoms. The van der Waals surface area contributed by atoms with Crippen molar-refractivity contribution in [2.75, 3.05) is 73.7 Å². The lowest BCUT2D eigenvalue weighted by Gasteiger charge is -2.36. The molecule has 0 aromatic carbocycles. The molecule has 4 atom stereocenters. The van der Waals surface area contributed by atoms with Crippen molar-refractivity contribution in [3.05, 3.63) is 188 Å². The van der Waals surface area contributed by atoms with Crippen LogP contribution in [-0.2, 0) is 49.4 Å². The molecule has 4 aliphatic heterocycles. The molecule has 8 aromatic heterocycles. The lowest BCUT2D eigenvalue weighted by Crippen LogP contribution is -2.40. The third-order valence-electron chi connectivity index (χ3n) is 24.0. The van der Waals surface area contributed by atoms with E-state index in [1.54, 1.807) is 72.5 Å². The highest BCUT2D eigenvalue weighted by Gasteiger charge is 2.33. The number of nitrogens with zero attached hydrogens (tertiary/aromatic N) is 15. The molecule has 1 amide bonds. The summed E-state index contributed by atoms with van der Waals surface area (Å²) >= 11 is 0. The zero-order valence-electron chi connectivity index (χ0n) is 69.3. The number of rotatable bonds is 18. The highest BCUT2D eigenvalue weighted by Crippen LogP contribution is 2.35. The van der Waals surface area contributed by atoms with Gasteiger partial charge in [0.05, 0.1) is 92.5 Å². The summed E-state index contributed by atoms with van der Waals surface area (Å²) in [5.41, 5.74) is 13.8. The average Bonchev–Trinajstić information content (AvgIpc) is 1.69. The number of carboxylic acid groups (broad SMARTS) is 1. The number of methoxy groups -OCH3 is 3. The van der Waals surface area contributed by atoms with Crippen molar-refractivity contribution >= 4 is 35.8 Å². The second kappa shape index (κ2) is 41.6. The molecule has 0 spiro atoms. The first-order valence-electron chi connectivity index (χ1n) is 41.6. The molecule has 15 rings (SSSR count). The van der Waals surface area contributed by atoms with Crippen molar-refractivity contribution < 1.29 is 52.8 Å². The summed E-state index contributed by atoms with van der Waals surface area (Å²) in [6.07, 6.45) is 47.3. The number of pyridine rings is 4. The van der Waals surface area contributed by atoms with Gasteiger partial charge in [0.2, 0.25) is 0 Å². The first-order valence-corrected chi connectivity index (χ1v) is 41.6. The van der Waals surface area contributed by atoms with E-state index in [1.807, 2.05) is 52.5 Å². The van der Waals surface area contributed by atoms with Gasteiger partial charge in [0, 0.05) is 149 Å². The van der Waals surface area contributed by atoms with Crippen LogP contribution in [0.25, 0.3) is 0 Å². The van der Waals surface area contributed by atoms with Gasteiger partial charge in [-0.3, -0.25) is 43.5 Å². The maximum Gasteiger partial charge on any atom is 0.410 e. The lowest BCUT2D eigenvalue weighted by atomic mass is 9.91. The van der Waals surface area contributed by atoms with E-state index in [1.165, 1.54) is 136 Å². The van der Waals surface area contributed by atoms with Crippen LogP contribution in [0.3, 0.4) is 0 Å². The van der Waals surface area contributed by atoms with Gasteiger partial charge in [0.15, 0.2) is 0 Å². The number of carboxylic acids is 1. The van der Waals surface area contributed by atoms with Crippen molar-refractivity contribution in [3.8, 4) is 0 Å². The van der Waals surface area contributed by atoms with Gasteiger partial charge in [0.25, 0.3) is 0 Å². The summed E-state index contributed by atoms with van der Waals surface area (Å²) in [7, 11) is 4.19. The molecule has 0 bridgehead atoms. The molecule has 12 heterocycles. The molecule has 0 unspecified atom stereocenters. The molecule has 115 heavy (non-hydrogen) atoms. The normalized spacial score (nSPS) is 19.6. The molecule has 2 N–H and O–H groups in total.